The molecule has 1 aromatic carbocycles. The van der Waals surface area contributed by atoms with Crippen molar-refractivity contribution in [2.45, 2.75) is 37.3 Å². The summed E-state index contributed by atoms with van der Waals surface area (Å²) in [6, 6.07) is 6.49. The Morgan fingerprint density at radius 1 is 1.29 bits per heavy atom. The third-order valence-electron chi connectivity index (χ3n) is 5.11. The van der Waals surface area contributed by atoms with Gasteiger partial charge in [0.1, 0.15) is 0 Å². The van der Waals surface area contributed by atoms with Gasteiger partial charge in [-0.15, -0.1) is 0 Å². The van der Waals surface area contributed by atoms with Crippen LogP contribution in [0.3, 0.4) is 0 Å². The van der Waals surface area contributed by atoms with E-state index in [9.17, 15) is 4.79 Å². The van der Waals surface area contributed by atoms with Gasteiger partial charge < -0.3 is 4.74 Å². The van der Waals surface area contributed by atoms with Crippen LogP contribution in [0.25, 0.3) is 0 Å². The van der Waals surface area contributed by atoms with Crippen molar-refractivity contribution in [3.8, 4) is 0 Å². The van der Waals surface area contributed by atoms with Gasteiger partial charge >= 0.3 is 5.97 Å². The molecule has 2 bridgehead atoms. The molecular formula is C16H19Cl2NO2. The number of piperidine rings is 1. The van der Waals surface area contributed by atoms with Gasteiger partial charge in [-0.05, 0) is 44.0 Å². The largest absolute Gasteiger partial charge is 0.469 e. The summed E-state index contributed by atoms with van der Waals surface area (Å²) in [5, 5.41) is 1.09. The van der Waals surface area contributed by atoms with Crippen molar-refractivity contribution in [2.75, 3.05) is 14.2 Å². The molecule has 2 fully saturated rings. The summed E-state index contributed by atoms with van der Waals surface area (Å²) < 4.78 is 5.07. The maximum absolute atomic E-state index is 12.3. The molecule has 0 amide bonds. The van der Waals surface area contributed by atoms with Crippen molar-refractivity contribution < 1.29 is 9.53 Å². The van der Waals surface area contributed by atoms with Gasteiger partial charge in [-0.3, -0.25) is 9.69 Å². The molecule has 0 radical (unpaired) electrons. The minimum atomic E-state index is -0.129. The van der Waals surface area contributed by atoms with Crippen molar-refractivity contribution in [2.24, 2.45) is 5.92 Å². The maximum Gasteiger partial charge on any atom is 0.310 e. The molecule has 0 saturated carbocycles. The molecule has 4 atom stereocenters. The Morgan fingerprint density at radius 2 is 2.05 bits per heavy atom. The molecule has 1 aromatic rings. The summed E-state index contributed by atoms with van der Waals surface area (Å²) in [5.41, 5.74) is 1.09. The first kappa shape index (κ1) is 15.1. The molecule has 2 aliphatic heterocycles. The molecule has 1 unspecified atom stereocenters. The summed E-state index contributed by atoms with van der Waals surface area (Å²) in [6.45, 7) is 0. The van der Waals surface area contributed by atoms with Gasteiger partial charge in [-0.1, -0.05) is 29.3 Å². The number of benzene rings is 1. The molecule has 21 heavy (non-hydrogen) atoms. The number of hydrogen-bond acceptors (Lipinski definition) is 3. The average Bonchev–Trinajstić information content (AvgIpc) is 2.72. The van der Waals surface area contributed by atoms with E-state index in [2.05, 4.69) is 11.9 Å². The van der Waals surface area contributed by atoms with Crippen molar-refractivity contribution in [3.63, 3.8) is 0 Å². The maximum atomic E-state index is 12.3. The highest BCUT2D eigenvalue weighted by Crippen LogP contribution is 2.47. The molecule has 2 heterocycles. The molecular weight excluding hydrogens is 309 g/mol. The lowest BCUT2D eigenvalue weighted by atomic mass is 9.76. The van der Waals surface area contributed by atoms with Gasteiger partial charge in [0, 0.05) is 18.0 Å². The first-order valence-corrected chi connectivity index (χ1v) is 8.03. The zero-order valence-corrected chi connectivity index (χ0v) is 13.7. The summed E-state index contributed by atoms with van der Waals surface area (Å²) >= 11 is 12.2. The highest BCUT2D eigenvalue weighted by atomic mass is 35.5. The standard InChI is InChI=1S/C16H19Cl2NO2/c1-19-10-4-6-14(19)15(16(20)21-2)11(8-10)9-3-5-12(17)13(18)7-9/h3,5,7,10-11,14-15H,4,6,8H2,1-2H3/t10?,11-,14+,15-/m0/s1. The number of ether oxygens (including phenoxy) is 1. The second-order valence-corrected chi connectivity index (χ2v) is 6.84. The minimum Gasteiger partial charge on any atom is -0.469 e. The number of carbonyl (C=O) groups excluding carboxylic acids is 1. The van der Waals surface area contributed by atoms with Crippen LogP contribution in [0.5, 0.6) is 0 Å². The molecule has 0 spiro atoms. The zero-order valence-electron chi connectivity index (χ0n) is 12.2. The Balaban J connectivity index is 1.98. The van der Waals surface area contributed by atoms with E-state index in [1.165, 1.54) is 7.11 Å². The number of esters is 1. The number of rotatable bonds is 2. The second-order valence-electron chi connectivity index (χ2n) is 6.03. The van der Waals surface area contributed by atoms with E-state index in [0.717, 1.165) is 24.8 Å². The summed E-state index contributed by atoms with van der Waals surface area (Å²) in [6.07, 6.45) is 3.16. The first-order chi connectivity index (χ1) is 10.0. The molecule has 0 aromatic heterocycles. The normalized spacial score (nSPS) is 32.2. The lowest BCUT2D eigenvalue weighted by Gasteiger charge is -2.41. The van der Waals surface area contributed by atoms with Crippen molar-refractivity contribution in [3.05, 3.63) is 33.8 Å². The molecule has 2 aliphatic rings. The van der Waals surface area contributed by atoms with Gasteiger partial charge in [0.15, 0.2) is 0 Å². The van der Waals surface area contributed by atoms with Crippen LogP contribution in [0.1, 0.15) is 30.7 Å². The number of carbonyl (C=O) groups is 1. The van der Waals surface area contributed by atoms with E-state index in [0.29, 0.717) is 16.1 Å². The smallest absolute Gasteiger partial charge is 0.310 e. The van der Waals surface area contributed by atoms with Crippen molar-refractivity contribution in [1.82, 2.24) is 4.90 Å². The lowest BCUT2D eigenvalue weighted by Crippen LogP contribution is -2.49. The predicted molar refractivity (Wildman–Crippen MR) is 83.9 cm³/mol. The van der Waals surface area contributed by atoms with Gasteiger partial charge in [0.05, 0.1) is 23.1 Å². The van der Waals surface area contributed by atoms with E-state index in [-0.39, 0.29) is 23.8 Å². The van der Waals surface area contributed by atoms with Crippen molar-refractivity contribution >= 4 is 29.2 Å². The minimum absolute atomic E-state index is 0.122. The molecule has 3 rings (SSSR count). The summed E-state index contributed by atoms with van der Waals surface area (Å²) in [7, 11) is 3.58. The van der Waals surface area contributed by atoms with E-state index in [1.807, 2.05) is 18.2 Å². The van der Waals surface area contributed by atoms with Crippen LogP contribution in [0.4, 0.5) is 0 Å². The predicted octanol–water partition coefficient (Wildman–Crippen LogP) is 3.73. The highest BCUT2D eigenvalue weighted by Gasteiger charge is 2.49. The molecule has 2 saturated heterocycles. The first-order valence-electron chi connectivity index (χ1n) is 7.27. The van der Waals surface area contributed by atoms with Crippen LogP contribution in [0.2, 0.25) is 10.0 Å². The fourth-order valence-electron chi connectivity index (χ4n) is 4.01. The molecule has 114 valence electrons. The van der Waals surface area contributed by atoms with Crippen LogP contribution < -0.4 is 0 Å². The lowest BCUT2D eigenvalue weighted by molar-refractivity contribution is -0.150. The molecule has 5 heteroatoms. The fourth-order valence-corrected chi connectivity index (χ4v) is 4.32. The van der Waals surface area contributed by atoms with Gasteiger partial charge in [-0.2, -0.15) is 0 Å². The Bertz CT molecular complexity index is 563. The number of methoxy groups -OCH3 is 1. The van der Waals surface area contributed by atoms with Gasteiger partial charge in [0.25, 0.3) is 0 Å². The number of nitrogens with zero attached hydrogens (tertiary/aromatic N) is 1. The number of hydrogen-bond donors (Lipinski definition) is 0. The fraction of sp³-hybridized carbons (Fsp3) is 0.562. The van der Waals surface area contributed by atoms with Crippen LogP contribution in [-0.2, 0) is 9.53 Å². The average molecular weight is 328 g/mol. The van der Waals surface area contributed by atoms with Crippen molar-refractivity contribution in [1.29, 1.82) is 0 Å². The van der Waals surface area contributed by atoms with E-state index < -0.39 is 0 Å². The highest BCUT2D eigenvalue weighted by molar-refractivity contribution is 6.42. The summed E-state index contributed by atoms with van der Waals surface area (Å²) in [4.78, 5) is 14.7. The van der Waals surface area contributed by atoms with Gasteiger partial charge in [-0.25, -0.2) is 0 Å². The Labute approximate surface area is 135 Å². The Morgan fingerprint density at radius 3 is 2.71 bits per heavy atom. The van der Waals surface area contributed by atoms with Gasteiger partial charge in [0.2, 0.25) is 0 Å². The number of halogens is 2. The quantitative estimate of drug-likeness (QED) is 0.775. The monoisotopic (exact) mass is 327 g/mol. The number of fused-ring (bicyclic) bond motifs is 2. The molecule has 0 aliphatic carbocycles. The Kier molecular flexibility index (Phi) is 4.17. The second kappa shape index (κ2) is 5.79. The Hall–Kier alpha value is -0.770. The van der Waals surface area contributed by atoms with Crippen LogP contribution >= 0.6 is 23.2 Å². The van der Waals surface area contributed by atoms with E-state index >= 15 is 0 Å². The summed E-state index contributed by atoms with van der Waals surface area (Å²) in [5.74, 6) is -0.0971. The molecule has 0 N–H and O–H groups in total. The third-order valence-corrected chi connectivity index (χ3v) is 5.85. The third kappa shape index (κ3) is 2.56. The van der Waals surface area contributed by atoms with Crippen LogP contribution in [0, 0.1) is 5.92 Å². The topological polar surface area (TPSA) is 29.5 Å². The van der Waals surface area contributed by atoms with E-state index in [1.54, 1.807) is 0 Å². The SMILES string of the molecule is COC(=O)[C@@H]1[C@H]2CCC(C[C@H]1c1ccc(Cl)c(Cl)c1)N2C. The zero-order chi connectivity index (χ0) is 15.1. The van der Waals surface area contributed by atoms with Crippen LogP contribution in [-0.4, -0.2) is 37.1 Å². The van der Waals surface area contributed by atoms with E-state index in [4.69, 9.17) is 27.9 Å². The molecule has 3 nitrogen and oxygen atoms in total. The van der Waals surface area contributed by atoms with Crippen LogP contribution in [0.15, 0.2) is 18.2 Å².